The van der Waals surface area contributed by atoms with Crippen molar-refractivity contribution in [2.75, 3.05) is 7.11 Å². The molecule has 0 N–H and O–H groups in total. The smallest absolute Gasteiger partial charge is 0.151 e. The molecule has 0 aliphatic rings. The van der Waals surface area contributed by atoms with E-state index in [9.17, 15) is 5.26 Å². The molecule has 5 aromatic rings. The van der Waals surface area contributed by atoms with E-state index in [2.05, 4.69) is 6.07 Å². The Bertz CT molecular complexity index is 1500. The lowest BCUT2D eigenvalue weighted by Crippen LogP contribution is -1.96. The molecule has 5 rings (SSSR count). The molecule has 0 amide bonds. The van der Waals surface area contributed by atoms with Gasteiger partial charge in [-0.25, -0.2) is 9.67 Å². The van der Waals surface area contributed by atoms with Gasteiger partial charge in [0.1, 0.15) is 11.8 Å². The van der Waals surface area contributed by atoms with E-state index in [4.69, 9.17) is 14.8 Å². The average molecular weight is 431 g/mol. The van der Waals surface area contributed by atoms with Crippen LogP contribution in [0.4, 0.5) is 0 Å². The second-order valence-electron chi connectivity index (χ2n) is 7.59. The van der Waals surface area contributed by atoms with Crippen LogP contribution in [0.1, 0.15) is 11.4 Å². The van der Waals surface area contributed by atoms with Gasteiger partial charge >= 0.3 is 0 Å². The minimum absolute atomic E-state index is 0.469. The molecule has 0 saturated heterocycles. The number of para-hydroxylation sites is 3. The summed E-state index contributed by atoms with van der Waals surface area (Å²) in [6, 6.07) is 27.8. The van der Waals surface area contributed by atoms with Gasteiger partial charge in [-0.15, -0.1) is 0 Å². The zero-order valence-electron chi connectivity index (χ0n) is 18.3. The fraction of sp³-hybridized carbons (Fsp3) is 0.0741. The predicted octanol–water partition coefficient (Wildman–Crippen LogP) is 5.50. The molecule has 0 aliphatic heterocycles. The molecule has 6 nitrogen and oxygen atoms in total. The van der Waals surface area contributed by atoms with E-state index in [1.165, 1.54) is 0 Å². The van der Waals surface area contributed by atoms with E-state index >= 15 is 0 Å². The number of fused-ring (bicyclic) bond motifs is 1. The Kier molecular flexibility index (Phi) is 5.21. The van der Waals surface area contributed by atoms with E-state index < -0.39 is 0 Å². The van der Waals surface area contributed by atoms with Crippen LogP contribution in [0.5, 0.6) is 5.75 Å². The molecule has 0 bridgehead atoms. The third-order valence-electron chi connectivity index (χ3n) is 5.58. The molecule has 0 spiro atoms. The van der Waals surface area contributed by atoms with Crippen molar-refractivity contribution in [3.05, 3.63) is 96.4 Å². The van der Waals surface area contributed by atoms with Gasteiger partial charge in [0.15, 0.2) is 5.82 Å². The number of aromatic nitrogens is 4. The number of nitrogens with zero attached hydrogens (tertiary/aromatic N) is 5. The van der Waals surface area contributed by atoms with Gasteiger partial charge in [0.2, 0.25) is 0 Å². The Morgan fingerprint density at radius 2 is 1.70 bits per heavy atom. The summed E-state index contributed by atoms with van der Waals surface area (Å²) in [5, 5.41) is 14.9. The van der Waals surface area contributed by atoms with Crippen LogP contribution in [0.3, 0.4) is 0 Å². The molecule has 0 aliphatic carbocycles. The van der Waals surface area contributed by atoms with Gasteiger partial charge in [-0.05, 0) is 54.6 Å². The largest absolute Gasteiger partial charge is 0.497 e. The third-order valence-corrected chi connectivity index (χ3v) is 5.58. The van der Waals surface area contributed by atoms with Gasteiger partial charge in [-0.1, -0.05) is 30.3 Å². The summed E-state index contributed by atoms with van der Waals surface area (Å²) in [5.41, 5.74) is 5.76. The summed E-state index contributed by atoms with van der Waals surface area (Å²) >= 11 is 0. The normalized spacial score (nSPS) is 11.5. The Morgan fingerprint density at radius 1 is 0.970 bits per heavy atom. The number of imidazole rings is 1. The number of benzene rings is 3. The van der Waals surface area contributed by atoms with E-state index in [0.717, 1.165) is 39.3 Å². The second kappa shape index (κ2) is 8.48. The van der Waals surface area contributed by atoms with Gasteiger partial charge in [0.25, 0.3) is 0 Å². The van der Waals surface area contributed by atoms with Crippen molar-refractivity contribution in [3.63, 3.8) is 0 Å². The van der Waals surface area contributed by atoms with E-state index in [-0.39, 0.29) is 0 Å². The molecular weight excluding hydrogens is 410 g/mol. The van der Waals surface area contributed by atoms with Gasteiger partial charge in [0, 0.05) is 24.4 Å². The minimum Gasteiger partial charge on any atom is -0.497 e. The van der Waals surface area contributed by atoms with Crippen LogP contribution >= 0.6 is 0 Å². The van der Waals surface area contributed by atoms with Crippen LogP contribution in [0.25, 0.3) is 39.6 Å². The first-order chi connectivity index (χ1) is 16.2. The fourth-order valence-corrected chi connectivity index (χ4v) is 3.87. The minimum atomic E-state index is 0.469. The molecule has 33 heavy (non-hydrogen) atoms. The highest BCUT2D eigenvalue weighted by molar-refractivity contribution is 5.93. The number of aryl methyl sites for hydroxylation is 1. The molecule has 6 heteroatoms. The summed E-state index contributed by atoms with van der Waals surface area (Å²) in [7, 11) is 3.57. The highest BCUT2D eigenvalue weighted by Crippen LogP contribution is 2.29. The first-order valence-corrected chi connectivity index (χ1v) is 10.5. The number of allylic oxidation sites excluding steroid dienone is 1. The van der Waals surface area contributed by atoms with Crippen LogP contribution in [0.2, 0.25) is 0 Å². The van der Waals surface area contributed by atoms with Crippen molar-refractivity contribution < 1.29 is 4.74 Å². The van der Waals surface area contributed by atoms with Gasteiger partial charge in [-0.3, -0.25) is 0 Å². The molecule has 160 valence electrons. The number of nitriles is 1. The molecule has 0 radical (unpaired) electrons. The summed E-state index contributed by atoms with van der Waals surface area (Å²) in [6.45, 7) is 0. The molecule has 0 unspecified atom stereocenters. The maximum atomic E-state index is 10.0. The highest BCUT2D eigenvalue weighted by atomic mass is 16.5. The monoisotopic (exact) mass is 431 g/mol. The van der Waals surface area contributed by atoms with Gasteiger partial charge in [0.05, 0.1) is 35.1 Å². The lowest BCUT2D eigenvalue weighted by Gasteiger charge is -2.03. The summed E-state index contributed by atoms with van der Waals surface area (Å²) in [4.78, 5) is 4.70. The van der Waals surface area contributed by atoms with Crippen molar-refractivity contribution in [2.45, 2.75) is 0 Å². The van der Waals surface area contributed by atoms with E-state index in [1.54, 1.807) is 7.11 Å². The van der Waals surface area contributed by atoms with Crippen molar-refractivity contribution in [3.8, 4) is 28.8 Å². The molecule has 2 heterocycles. The molecule has 0 saturated carbocycles. The SMILES string of the molecule is COc1ccc(-c2nn(-c3ccccc3)cc2/C=C(/C#N)c2nc3ccccc3n2C)cc1. The average Bonchev–Trinajstić information content (AvgIpc) is 3.44. The van der Waals surface area contributed by atoms with Crippen LogP contribution in [-0.2, 0) is 7.05 Å². The lowest BCUT2D eigenvalue weighted by atomic mass is 10.1. The Morgan fingerprint density at radius 3 is 2.39 bits per heavy atom. The molecule has 0 atom stereocenters. The standard InChI is InChI=1S/C27H21N5O/c1-31-25-11-7-6-10-24(25)29-27(31)20(17-28)16-21-18-32(22-8-4-3-5-9-22)30-26(21)19-12-14-23(33-2)15-13-19/h3-16,18H,1-2H3/b20-16-. The van der Waals surface area contributed by atoms with Crippen LogP contribution in [0.15, 0.2) is 85.1 Å². The van der Waals surface area contributed by atoms with Crippen LogP contribution in [0, 0.1) is 11.3 Å². The Labute approximate surface area is 191 Å². The second-order valence-corrected chi connectivity index (χ2v) is 7.59. The van der Waals surface area contributed by atoms with Crippen molar-refractivity contribution in [2.24, 2.45) is 7.05 Å². The van der Waals surface area contributed by atoms with Crippen LogP contribution in [-0.4, -0.2) is 26.4 Å². The molecule has 0 fully saturated rings. The van der Waals surface area contributed by atoms with Crippen molar-refractivity contribution in [1.29, 1.82) is 5.26 Å². The maximum absolute atomic E-state index is 10.0. The quantitative estimate of drug-likeness (QED) is 0.345. The van der Waals surface area contributed by atoms with E-state index in [0.29, 0.717) is 11.4 Å². The predicted molar refractivity (Wildman–Crippen MR) is 130 cm³/mol. The van der Waals surface area contributed by atoms with Gasteiger partial charge < -0.3 is 9.30 Å². The van der Waals surface area contributed by atoms with Crippen molar-refractivity contribution in [1.82, 2.24) is 19.3 Å². The summed E-state index contributed by atoms with van der Waals surface area (Å²) < 4.78 is 9.07. The molecule has 2 aromatic heterocycles. The number of ether oxygens (including phenoxy) is 1. The van der Waals surface area contributed by atoms with Crippen LogP contribution < -0.4 is 4.74 Å². The topological polar surface area (TPSA) is 68.7 Å². The van der Waals surface area contributed by atoms with Crippen molar-refractivity contribution >= 4 is 22.7 Å². The number of hydrogen-bond acceptors (Lipinski definition) is 4. The Hall–Kier alpha value is -4.63. The summed E-state index contributed by atoms with van der Waals surface area (Å²) in [6.07, 6.45) is 3.79. The summed E-state index contributed by atoms with van der Waals surface area (Å²) in [5.74, 6) is 1.39. The number of methoxy groups -OCH3 is 1. The highest BCUT2D eigenvalue weighted by Gasteiger charge is 2.16. The first kappa shape index (κ1) is 20.3. The van der Waals surface area contributed by atoms with Gasteiger partial charge in [-0.2, -0.15) is 10.4 Å². The lowest BCUT2D eigenvalue weighted by molar-refractivity contribution is 0.415. The number of rotatable bonds is 5. The molecular formula is C27H21N5O. The zero-order valence-corrected chi connectivity index (χ0v) is 18.3. The number of hydrogen-bond donors (Lipinski definition) is 0. The Balaban J connectivity index is 1.67. The van der Waals surface area contributed by atoms with E-state index in [1.807, 2.05) is 107 Å². The third kappa shape index (κ3) is 3.77. The maximum Gasteiger partial charge on any atom is 0.151 e. The zero-order chi connectivity index (χ0) is 22.8. The first-order valence-electron chi connectivity index (χ1n) is 10.5. The molecule has 3 aromatic carbocycles. The fourth-order valence-electron chi connectivity index (χ4n) is 3.87.